The lowest BCUT2D eigenvalue weighted by Crippen LogP contribution is -2.25. The molecule has 162 valence electrons. The zero-order valence-corrected chi connectivity index (χ0v) is 18.6. The maximum Gasteiger partial charge on any atom is 0.261 e. The van der Waals surface area contributed by atoms with Crippen molar-refractivity contribution < 1.29 is 17.9 Å². The molecule has 3 aromatic carbocycles. The zero-order valence-electron chi connectivity index (χ0n) is 17.8. The minimum Gasteiger partial charge on any atom is -0.491 e. The van der Waals surface area contributed by atoms with Crippen molar-refractivity contribution in [2.75, 3.05) is 4.72 Å². The number of amides is 1. The van der Waals surface area contributed by atoms with Gasteiger partial charge >= 0.3 is 0 Å². The molecule has 0 unspecified atom stereocenters. The molecule has 0 saturated heterocycles. The standard InChI is InChI=1S/C24H26N2O4S/c1-17(2)30-20-8-6-7-19(15-20)16-25-24(27)22-9-4-5-10-23(22)26-31(28,29)21-13-11-18(3)12-14-21/h4-15,17,26H,16H2,1-3H3,(H,25,27). The van der Waals surface area contributed by atoms with Gasteiger partial charge in [-0.15, -0.1) is 0 Å². The molecule has 7 heteroatoms. The van der Waals surface area contributed by atoms with E-state index in [2.05, 4.69) is 10.0 Å². The van der Waals surface area contributed by atoms with E-state index < -0.39 is 10.0 Å². The number of para-hydroxylation sites is 1. The van der Waals surface area contributed by atoms with E-state index in [1.165, 1.54) is 12.1 Å². The van der Waals surface area contributed by atoms with Crippen LogP contribution in [0.3, 0.4) is 0 Å². The summed E-state index contributed by atoms with van der Waals surface area (Å²) in [7, 11) is -3.82. The summed E-state index contributed by atoms with van der Waals surface area (Å²) in [6.45, 7) is 6.06. The second-order valence-electron chi connectivity index (χ2n) is 7.46. The van der Waals surface area contributed by atoms with Crippen LogP contribution in [0.15, 0.2) is 77.7 Å². The average molecular weight is 439 g/mol. The number of benzene rings is 3. The van der Waals surface area contributed by atoms with Gasteiger partial charge in [0.2, 0.25) is 0 Å². The van der Waals surface area contributed by atoms with Gasteiger partial charge in [-0.2, -0.15) is 0 Å². The molecule has 2 N–H and O–H groups in total. The molecule has 0 radical (unpaired) electrons. The summed E-state index contributed by atoms with van der Waals surface area (Å²) in [6, 6.07) is 20.5. The third kappa shape index (κ3) is 6.08. The van der Waals surface area contributed by atoms with E-state index in [1.54, 1.807) is 36.4 Å². The van der Waals surface area contributed by atoms with Crippen LogP contribution in [-0.2, 0) is 16.6 Å². The Labute approximate surface area is 183 Å². The van der Waals surface area contributed by atoms with Crippen LogP contribution in [-0.4, -0.2) is 20.4 Å². The van der Waals surface area contributed by atoms with Gasteiger partial charge in [-0.25, -0.2) is 8.42 Å². The van der Waals surface area contributed by atoms with Crippen LogP contribution in [0.5, 0.6) is 5.75 Å². The molecule has 0 aliphatic heterocycles. The number of carbonyl (C=O) groups is 1. The zero-order chi connectivity index (χ0) is 22.4. The summed E-state index contributed by atoms with van der Waals surface area (Å²) >= 11 is 0. The number of ether oxygens (including phenoxy) is 1. The van der Waals surface area contributed by atoms with Crippen molar-refractivity contribution in [3.63, 3.8) is 0 Å². The molecule has 0 aliphatic rings. The lowest BCUT2D eigenvalue weighted by molar-refractivity contribution is 0.0951. The van der Waals surface area contributed by atoms with E-state index in [1.807, 2.05) is 45.0 Å². The number of anilines is 1. The van der Waals surface area contributed by atoms with Crippen molar-refractivity contribution in [3.05, 3.63) is 89.5 Å². The highest BCUT2D eigenvalue weighted by atomic mass is 32.2. The Morgan fingerprint density at radius 3 is 2.39 bits per heavy atom. The topological polar surface area (TPSA) is 84.5 Å². The second-order valence-corrected chi connectivity index (χ2v) is 9.14. The van der Waals surface area contributed by atoms with Gasteiger partial charge in [0.05, 0.1) is 22.3 Å². The van der Waals surface area contributed by atoms with Gasteiger partial charge in [-0.3, -0.25) is 9.52 Å². The summed E-state index contributed by atoms with van der Waals surface area (Å²) in [5.74, 6) is 0.352. The first-order valence-electron chi connectivity index (χ1n) is 9.97. The second kappa shape index (κ2) is 9.66. The molecule has 6 nitrogen and oxygen atoms in total. The van der Waals surface area contributed by atoms with Crippen molar-refractivity contribution >= 4 is 21.6 Å². The fourth-order valence-corrected chi connectivity index (χ4v) is 4.05. The van der Waals surface area contributed by atoms with Gasteiger partial charge in [0.15, 0.2) is 0 Å². The van der Waals surface area contributed by atoms with Gasteiger partial charge < -0.3 is 10.1 Å². The Morgan fingerprint density at radius 1 is 0.968 bits per heavy atom. The lowest BCUT2D eigenvalue weighted by atomic mass is 10.1. The van der Waals surface area contributed by atoms with Crippen LogP contribution in [0.4, 0.5) is 5.69 Å². The van der Waals surface area contributed by atoms with E-state index in [9.17, 15) is 13.2 Å². The molecule has 31 heavy (non-hydrogen) atoms. The van der Waals surface area contributed by atoms with E-state index >= 15 is 0 Å². The molecule has 3 aromatic rings. The number of carbonyl (C=O) groups excluding carboxylic acids is 1. The third-order valence-corrected chi connectivity index (χ3v) is 5.85. The highest BCUT2D eigenvalue weighted by molar-refractivity contribution is 7.92. The minimum absolute atomic E-state index is 0.0540. The minimum atomic E-state index is -3.82. The first-order chi connectivity index (χ1) is 14.7. The summed E-state index contributed by atoms with van der Waals surface area (Å²) in [4.78, 5) is 12.9. The van der Waals surface area contributed by atoms with Crippen molar-refractivity contribution in [1.82, 2.24) is 5.32 Å². The number of aryl methyl sites for hydroxylation is 1. The Hall–Kier alpha value is -3.32. The molecule has 0 spiro atoms. The quantitative estimate of drug-likeness (QED) is 0.542. The number of rotatable bonds is 8. The lowest BCUT2D eigenvalue weighted by Gasteiger charge is -2.14. The molecule has 3 rings (SSSR count). The summed E-state index contributed by atoms with van der Waals surface area (Å²) in [6.07, 6.45) is 0.0540. The monoisotopic (exact) mass is 438 g/mol. The molecule has 1 amide bonds. The van der Waals surface area contributed by atoms with Crippen LogP contribution in [0.25, 0.3) is 0 Å². The van der Waals surface area contributed by atoms with Crippen LogP contribution >= 0.6 is 0 Å². The predicted molar refractivity (Wildman–Crippen MR) is 122 cm³/mol. The van der Waals surface area contributed by atoms with Crippen LogP contribution < -0.4 is 14.8 Å². The highest BCUT2D eigenvalue weighted by Crippen LogP contribution is 2.21. The fraction of sp³-hybridized carbons (Fsp3) is 0.208. The average Bonchev–Trinajstić information content (AvgIpc) is 2.72. The van der Waals surface area contributed by atoms with Crippen molar-refractivity contribution in [2.45, 2.75) is 38.3 Å². The smallest absolute Gasteiger partial charge is 0.261 e. The largest absolute Gasteiger partial charge is 0.491 e. The SMILES string of the molecule is Cc1ccc(S(=O)(=O)Nc2ccccc2C(=O)NCc2cccc(OC(C)C)c2)cc1. The first-order valence-corrected chi connectivity index (χ1v) is 11.5. The molecule has 0 aromatic heterocycles. The number of hydrogen-bond acceptors (Lipinski definition) is 4. The molecule has 0 fully saturated rings. The first kappa shape index (κ1) is 22.4. The van der Waals surface area contributed by atoms with Gasteiger partial charge in [-0.1, -0.05) is 42.0 Å². The Bertz CT molecular complexity index is 1160. The molecule has 0 heterocycles. The number of nitrogens with one attached hydrogen (secondary N) is 2. The third-order valence-electron chi connectivity index (χ3n) is 4.47. The molecule has 0 bridgehead atoms. The van der Waals surface area contributed by atoms with Crippen LogP contribution in [0, 0.1) is 6.92 Å². The van der Waals surface area contributed by atoms with Crippen LogP contribution in [0.1, 0.15) is 35.3 Å². The maximum absolute atomic E-state index is 12.8. The molecule has 0 saturated carbocycles. The number of sulfonamides is 1. The summed E-state index contributed by atoms with van der Waals surface area (Å²) in [5.41, 5.74) is 2.30. The maximum atomic E-state index is 12.8. The van der Waals surface area contributed by atoms with E-state index in [-0.39, 0.29) is 34.7 Å². The van der Waals surface area contributed by atoms with E-state index in [0.29, 0.717) is 0 Å². The Morgan fingerprint density at radius 2 is 1.68 bits per heavy atom. The van der Waals surface area contributed by atoms with Gasteiger partial charge in [0.25, 0.3) is 15.9 Å². The van der Waals surface area contributed by atoms with Crippen molar-refractivity contribution in [1.29, 1.82) is 0 Å². The summed E-state index contributed by atoms with van der Waals surface area (Å²) < 4.78 is 33.7. The normalized spacial score (nSPS) is 11.2. The Kier molecular flexibility index (Phi) is 6.97. The summed E-state index contributed by atoms with van der Waals surface area (Å²) in [5, 5.41) is 2.84. The predicted octanol–water partition coefficient (Wildman–Crippen LogP) is 4.51. The van der Waals surface area contributed by atoms with Crippen molar-refractivity contribution in [2.24, 2.45) is 0 Å². The van der Waals surface area contributed by atoms with Crippen LogP contribution in [0.2, 0.25) is 0 Å². The molecular formula is C24H26N2O4S. The van der Waals surface area contributed by atoms with E-state index in [0.717, 1.165) is 16.9 Å². The van der Waals surface area contributed by atoms with Gasteiger partial charge in [0, 0.05) is 6.54 Å². The molecule has 0 aliphatic carbocycles. The number of hydrogen-bond donors (Lipinski definition) is 2. The van der Waals surface area contributed by atoms with Crippen molar-refractivity contribution in [3.8, 4) is 5.75 Å². The van der Waals surface area contributed by atoms with Gasteiger partial charge in [-0.05, 0) is 62.7 Å². The molecule has 0 atom stereocenters. The molecular weight excluding hydrogens is 412 g/mol. The Balaban J connectivity index is 1.74. The highest BCUT2D eigenvalue weighted by Gasteiger charge is 2.18. The van der Waals surface area contributed by atoms with Gasteiger partial charge in [0.1, 0.15) is 5.75 Å². The fourth-order valence-electron chi connectivity index (χ4n) is 2.97. The van der Waals surface area contributed by atoms with E-state index in [4.69, 9.17) is 4.74 Å².